The smallest absolute Gasteiger partial charge is 0.140 e. The Hall–Kier alpha value is -3.55. The van der Waals surface area contributed by atoms with E-state index >= 15 is 0 Å². The van der Waals surface area contributed by atoms with E-state index < -0.39 is 0 Å². The zero-order chi connectivity index (χ0) is 24.4. The molecule has 35 heavy (non-hydrogen) atoms. The molecule has 0 N–H and O–H groups in total. The van der Waals surface area contributed by atoms with E-state index in [1.165, 1.54) is 29.8 Å². The molecule has 2 atom stereocenters. The maximum atomic E-state index is 13.6. The quantitative estimate of drug-likeness (QED) is 0.339. The molecular weight excluding hydrogens is 448 g/mol. The molecule has 3 aromatic carbocycles. The number of ether oxygens (including phenoxy) is 2. The summed E-state index contributed by atoms with van der Waals surface area (Å²) in [6.07, 6.45) is 2.52. The van der Waals surface area contributed by atoms with Crippen LogP contribution in [-0.4, -0.2) is 41.0 Å². The van der Waals surface area contributed by atoms with Crippen molar-refractivity contribution in [2.45, 2.75) is 25.7 Å². The van der Waals surface area contributed by atoms with Crippen LogP contribution in [0.2, 0.25) is 0 Å². The number of methoxy groups -OCH3 is 1. The Balaban J connectivity index is 1.47. The molecular formula is C28H27F2N3O2. The summed E-state index contributed by atoms with van der Waals surface area (Å²) >= 11 is 0. The summed E-state index contributed by atoms with van der Waals surface area (Å²) in [5.41, 5.74) is 4.34. The molecule has 1 saturated heterocycles. The number of hydrogen-bond donors (Lipinski definition) is 0. The van der Waals surface area contributed by atoms with Crippen LogP contribution >= 0.6 is 0 Å². The first kappa shape index (κ1) is 23.2. The van der Waals surface area contributed by atoms with Crippen molar-refractivity contribution in [2.24, 2.45) is 0 Å². The van der Waals surface area contributed by atoms with Crippen molar-refractivity contribution in [2.75, 3.05) is 20.2 Å². The van der Waals surface area contributed by atoms with Crippen LogP contribution in [0.5, 0.6) is 5.75 Å². The van der Waals surface area contributed by atoms with Gasteiger partial charge < -0.3 is 9.47 Å². The third kappa shape index (κ3) is 5.11. The topological polar surface area (TPSA) is 39.5 Å². The second kappa shape index (κ2) is 9.98. The van der Waals surface area contributed by atoms with E-state index in [0.717, 1.165) is 42.1 Å². The monoisotopic (exact) mass is 475 g/mol. The van der Waals surface area contributed by atoms with Crippen LogP contribution in [-0.2, 0) is 11.2 Å². The van der Waals surface area contributed by atoms with Gasteiger partial charge in [-0.25, -0.2) is 13.5 Å². The van der Waals surface area contributed by atoms with Gasteiger partial charge in [-0.15, -0.1) is 0 Å². The largest absolute Gasteiger partial charge is 0.497 e. The standard InChI is InChI=1S/C28H27F2N3O2/c1-19-17-32(16-15-20-3-13-25(34-2)14-4-20)28(35-19)26-18-33(24-11-9-23(30)10-12-24)31-27(26)21-5-7-22(29)8-6-21/h3-14,18-19,28H,15-17H2,1-2H3. The lowest BCUT2D eigenvalue weighted by Gasteiger charge is -2.23. The summed E-state index contributed by atoms with van der Waals surface area (Å²) in [6.45, 7) is 3.64. The number of hydrogen-bond acceptors (Lipinski definition) is 4. The third-order valence-electron chi connectivity index (χ3n) is 6.25. The van der Waals surface area contributed by atoms with Crippen LogP contribution in [0.3, 0.4) is 0 Å². The molecule has 1 aliphatic heterocycles. The van der Waals surface area contributed by atoms with Crippen LogP contribution in [0.4, 0.5) is 8.78 Å². The van der Waals surface area contributed by atoms with Gasteiger partial charge >= 0.3 is 0 Å². The average molecular weight is 476 g/mol. The summed E-state index contributed by atoms with van der Waals surface area (Å²) in [7, 11) is 1.66. The summed E-state index contributed by atoms with van der Waals surface area (Å²) in [5.74, 6) is 0.222. The van der Waals surface area contributed by atoms with Gasteiger partial charge in [-0.05, 0) is 79.6 Å². The van der Waals surface area contributed by atoms with Crippen LogP contribution in [0.15, 0.2) is 79.0 Å². The molecule has 1 aliphatic rings. The van der Waals surface area contributed by atoms with E-state index in [4.69, 9.17) is 14.6 Å². The molecule has 0 bridgehead atoms. The maximum absolute atomic E-state index is 13.6. The summed E-state index contributed by atoms with van der Waals surface area (Å²) in [4.78, 5) is 2.30. The van der Waals surface area contributed by atoms with Gasteiger partial charge in [0.15, 0.2) is 0 Å². The fraction of sp³-hybridized carbons (Fsp3) is 0.250. The third-order valence-corrected chi connectivity index (χ3v) is 6.25. The highest BCUT2D eigenvalue weighted by Crippen LogP contribution is 2.36. The fourth-order valence-electron chi connectivity index (χ4n) is 4.44. The normalized spacial score (nSPS) is 18.2. The van der Waals surface area contributed by atoms with Gasteiger partial charge in [0.25, 0.3) is 0 Å². The molecule has 0 radical (unpaired) electrons. The van der Waals surface area contributed by atoms with Crippen LogP contribution in [0.25, 0.3) is 16.9 Å². The predicted octanol–water partition coefficient (Wildman–Crippen LogP) is 5.79. The SMILES string of the molecule is COc1ccc(CCN2CC(C)OC2c2cn(-c3ccc(F)cc3)nc2-c2ccc(F)cc2)cc1. The number of benzene rings is 3. The van der Waals surface area contributed by atoms with Crippen LogP contribution < -0.4 is 4.74 Å². The van der Waals surface area contributed by atoms with Gasteiger partial charge in [0.2, 0.25) is 0 Å². The van der Waals surface area contributed by atoms with Gasteiger partial charge in [0, 0.05) is 30.4 Å². The van der Waals surface area contributed by atoms with Crippen molar-refractivity contribution in [3.05, 3.63) is 102 Å². The Labute approximate surface area is 203 Å². The van der Waals surface area contributed by atoms with Crippen molar-refractivity contribution in [1.29, 1.82) is 0 Å². The van der Waals surface area contributed by atoms with E-state index in [0.29, 0.717) is 5.69 Å². The molecule has 1 aromatic heterocycles. The summed E-state index contributed by atoms with van der Waals surface area (Å²) in [5, 5.41) is 4.80. The first-order valence-electron chi connectivity index (χ1n) is 11.6. The van der Waals surface area contributed by atoms with Crippen molar-refractivity contribution in [3.8, 4) is 22.7 Å². The minimum atomic E-state index is -0.308. The van der Waals surface area contributed by atoms with Gasteiger partial charge in [-0.2, -0.15) is 5.10 Å². The van der Waals surface area contributed by atoms with E-state index in [9.17, 15) is 8.78 Å². The van der Waals surface area contributed by atoms with Gasteiger partial charge in [-0.1, -0.05) is 12.1 Å². The Morgan fingerprint density at radius 1 is 0.943 bits per heavy atom. The lowest BCUT2D eigenvalue weighted by Crippen LogP contribution is -2.27. The van der Waals surface area contributed by atoms with Gasteiger partial charge in [-0.3, -0.25) is 4.90 Å². The zero-order valence-corrected chi connectivity index (χ0v) is 19.7. The number of aromatic nitrogens is 2. The molecule has 0 spiro atoms. The molecule has 0 amide bonds. The molecule has 7 heteroatoms. The van der Waals surface area contributed by atoms with Crippen LogP contribution in [0.1, 0.15) is 24.3 Å². The minimum Gasteiger partial charge on any atom is -0.497 e. The Morgan fingerprint density at radius 2 is 1.60 bits per heavy atom. The molecule has 4 aromatic rings. The lowest BCUT2D eigenvalue weighted by molar-refractivity contribution is 0.00521. The predicted molar refractivity (Wildman–Crippen MR) is 130 cm³/mol. The average Bonchev–Trinajstić information content (AvgIpc) is 3.47. The molecule has 5 nitrogen and oxygen atoms in total. The summed E-state index contributed by atoms with van der Waals surface area (Å²) in [6, 6.07) is 20.5. The Kier molecular flexibility index (Phi) is 6.61. The first-order chi connectivity index (χ1) is 17.0. The number of nitrogens with zero attached hydrogens (tertiary/aromatic N) is 3. The summed E-state index contributed by atoms with van der Waals surface area (Å²) < 4.78 is 40.5. The highest BCUT2D eigenvalue weighted by Gasteiger charge is 2.34. The molecule has 2 unspecified atom stereocenters. The Bertz CT molecular complexity index is 1270. The molecule has 0 aliphatic carbocycles. The number of halogens is 2. The van der Waals surface area contributed by atoms with Crippen LogP contribution in [0, 0.1) is 11.6 Å². The highest BCUT2D eigenvalue weighted by atomic mass is 19.1. The zero-order valence-electron chi connectivity index (χ0n) is 19.7. The molecule has 180 valence electrons. The van der Waals surface area contributed by atoms with E-state index in [2.05, 4.69) is 24.0 Å². The first-order valence-corrected chi connectivity index (χ1v) is 11.6. The van der Waals surface area contributed by atoms with Crippen molar-refractivity contribution in [3.63, 3.8) is 0 Å². The number of rotatable bonds is 7. The molecule has 5 rings (SSSR count). The molecule has 0 saturated carbocycles. The van der Waals surface area contributed by atoms with Crippen molar-refractivity contribution in [1.82, 2.24) is 14.7 Å². The Morgan fingerprint density at radius 3 is 2.26 bits per heavy atom. The van der Waals surface area contributed by atoms with Crippen molar-refractivity contribution < 1.29 is 18.3 Å². The second-order valence-corrected chi connectivity index (χ2v) is 8.75. The van der Waals surface area contributed by atoms with E-state index in [1.54, 1.807) is 36.1 Å². The van der Waals surface area contributed by atoms with Gasteiger partial charge in [0.05, 0.1) is 24.6 Å². The second-order valence-electron chi connectivity index (χ2n) is 8.75. The maximum Gasteiger partial charge on any atom is 0.140 e. The van der Waals surface area contributed by atoms with Gasteiger partial charge in [0.1, 0.15) is 23.6 Å². The van der Waals surface area contributed by atoms with E-state index in [-0.39, 0.29) is 24.0 Å². The highest BCUT2D eigenvalue weighted by molar-refractivity contribution is 5.64. The molecule has 2 heterocycles. The fourth-order valence-corrected chi connectivity index (χ4v) is 4.44. The molecule has 1 fully saturated rings. The minimum absolute atomic E-state index is 0.0473. The van der Waals surface area contributed by atoms with Crippen molar-refractivity contribution >= 4 is 0 Å². The van der Waals surface area contributed by atoms with E-state index in [1.807, 2.05) is 18.3 Å². The lowest BCUT2D eigenvalue weighted by atomic mass is 10.1.